The van der Waals surface area contributed by atoms with Gasteiger partial charge in [-0.25, -0.2) is 50.5 Å². The third-order valence-electron chi connectivity index (χ3n) is 29.2. The van der Waals surface area contributed by atoms with Crippen LogP contribution in [-0.2, 0) is 117 Å². The Balaban J connectivity index is 0.000000176. The molecule has 2 saturated carbocycles. The number of carbonyl (C=O) groups is 1. The van der Waals surface area contributed by atoms with E-state index < -0.39 is 71.3 Å². The van der Waals surface area contributed by atoms with Gasteiger partial charge in [0, 0.05) is 106 Å². The minimum Gasteiger partial charge on any atom is -0.393 e. The Kier molecular flexibility index (Phi) is 40.7. The summed E-state index contributed by atoms with van der Waals surface area (Å²) in [6, 6.07) is 53.6. The first kappa shape index (κ1) is 117. The predicted molar refractivity (Wildman–Crippen MR) is 568 cm³/mol. The van der Waals surface area contributed by atoms with E-state index in [4.69, 9.17) is 14.2 Å². The Hall–Kier alpha value is -6.53. The Labute approximate surface area is 855 Å². The second-order valence-corrected chi connectivity index (χ2v) is 57.7. The number of aliphatic hydroxyl groups excluding tert-OH is 1. The molecule has 5 unspecified atom stereocenters. The van der Waals surface area contributed by atoms with Crippen LogP contribution in [-0.4, -0.2) is 215 Å². The lowest BCUT2D eigenvalue weighted by atomic mass is 9.86. The van der Waals surface area contributed by atoms with Gasteiger partial charge < -0.3 is 24.4 Å². The average molecular weight is 2080 g/mol. The third kappa shape index (κ3) is 32.0. The number of hydrogen-bond donors (Lipinski definition) is 2. The fourth-order valence-corrected chi connectivity index (χ4v) is 28.3. The minimum atomic E-state index is -3.51. The first-order valence-electron chi connectivity index (χ1n) is 51.6. The largest absolute Gasteiger partial charge is 0.393 e. The lowest BCUT2D eigenvalue weighted by Crippen LogP contribution is -2.35. The number of carbonyl (C=O) groups excluding carboxylic acids is 1. The number of hydrogen-bond acceptors (Lipinski definition) is 18. The van der Waals surface area contributed by atoms with Gasteiger partial charge in [-0.15, -0.1) is 0 Å². The predicted octanol–water partition coefficient (Wildman–Crippen LogP) is 20.9. The highest BCUT2D eigenvalue weighted by Crippen LogP contribution is 2.46. The van der Waals surface area contributed by atoms with Gasteiger partial charge in [0.25, 0.3) is 0 Å². The fraction of sp³-hybridized carbons (Fsp3) is 0.616. The van der Waals surface area contributed by atoms with Gasteiger partial charge in [0.15, 0.2) is 0 Å². The summed E-state index contributed by atoms with van der Waals surface area (Å²) in [5.41, 5.74) is 6.86. The van der Waals surface area contributed by atoms with E-state index in [0.29, 0.717) is 178 Å². The van der Waals surface area contributed by atoms with Crippen molar-refractivity contribution in [2.75, 3.05) is 92.8 Å². The van der Waals surface area contributed by atoms with Gasteiger partial charge in [-0.2, -0.15) is 25.8 Å². The number of aliphatic hydroxyl groups is 2. The van der Waals surface area contributed by atoms with Gasteiger partial charge in [0.05, 0.1) is 65.0 Å². The molecule has 15 rings (SSSR count). The zero-order valence-electron chi connectivity index (χ0n) is 88.6. The zero-order valence-corrected chi connectivity index (χ0v) is 93.5. The average Bonchev–Trinajstić information content (AvgIpc) is 1.63. The lowest BCUT2D eigenvalue weighted by Gasteiger charge is -2.32. The minimum absolute atomic E-state index is 0.00134. The molecule has 6 heterocycles. The monoisotopic (exact) mass is 2080 g/mol. The first-order valence-corrected chi connectivity index (χ1v) is 60.3. The van der Waals surface area contributed by atoms with Crippen molar-refractivity contribution in [3.63, 3.8) is 0 Å². The van der Waals surface area contributed by atoms with Crippen LogP contribution in [0.4, 0.5) is 0 Å². The van der Waals surface area contributed by atoms with Gasteiger partial charge in [-0.05, 0) is 279 Å². The van der Waals surface area contributed by atoms with E-state index in [1.54, 1.807) is 104 Å². The van der Waals surface area contributed by atoms with E-state index >= 15 is 0 Å². The molecule has 8 fully saturated rings. The molecular formula is C112H168N6O18S6. The first-order chi connectivity index (χ1) is 66.2. The molecule has 6 saturated heterocycles. The maximum Gasteiger partial charge on any atom is 0.243 e. The van der Waals surface area contributed by atoms with Crippen LogP contribution in [0.15, 0.2) is 205 Å². The highest BCUT2D eigenvalue weighted by molar-refractivity contribution is 7.90. The smallest absolute Gasteiger partial charge is 0.243 e. The number of ether oxygens (including phenoxy) is 3. The SMILES string of the molecule is CC(C)(C)c1ccc(S(=O)(=O)N2CCCC(=O)CC2)cc1.CC(C)(C)c1ccc(S(=O)(=O)N2CCCC(O)(C3CC3)CC2)cc1.CC(C)(C)c1ccc(S(=O)(=O)N2CCCC(O)CC2)cc1.CC(C)(C)c1ccc(S(=O)(=O)N2CCCC(OC3CCCC3)CC2)cc1.COC1(c2ccccc2)CCCN(S(=O)(=O)c2ccc(C(C)(C)C)cc2)CC1.COC1CCCN(S(=O)(=O)c2ccc(C(C)(C)C)cc2)CC1. The van der Waals surface area contributed by atoms with Crippen molar-refractivity contribution in [1.29, 1.82) is 0 Å². The summed E-state index contributed by atoms with van der Waals surface area (Å²) in [5.74, 6) is 0.530. The third-order valence-corrected chi connectivity index (χ3v) is 40.7. The molecule has 0 spiro atoms. The fourth-order valence-electron chi connectivity index (χ4n) is 19.4. The second-order valence-electron chi connectivity index (χ2n) is 46.1. The van der Waals surface area contributed by atoms with Gasteiger partial charge in [0.1, 0.15) is 5.78 Å². The van der Waals surface area contributed by atoms with E-state index in [1.165, 1.54) is 34.3 Å². The summed E-state index contributed by atoms with van der Waals surface area (Å²) in [7, 11) is -17.3. The molecule has 790 valence electrons. The zero-order chi connectivity index (χ0) is 105. The van der Waals surface area contributed by atoms with E-state index in [2.05, 4.69) is 137 Å². The van der Waals surface area contributed by atoms with Gasteiger partial charge in [0.2, 0.25) is 60.1 Å². The number of rotatable bonds is 18. The van der Waals surface area contributed by atoms with Crippen molar-refractivity contribution < 1.29 is 79.7 Å². The lowest BCUT2D eigenvalue weighted by molar-refractivity contribution is -0.118. The van der Waals surface area contributed by atoms with Crippen molar-refractivity contribution in [3.05, 3.63) is 215 Å². The quantitative estimate of drug-likeness (QED) is 0.0806. The van der Waals surface area contributed by atoms with Crippen LogP contribution in [0.2, 0.25) is 0 Å². The number of nitrogens with zero attached hydrogens (tertiary/aromatic N) is 6. The normalized spacial score (nSPS) is 22.6. The Bertz CT molecular complexity index is 5910. The molecule has 2 N–H and O–H groups in total. The summed E-state index contributed by atoms with van der Waals surface area (Å²) in [4.78, 5) is 13.6. The molecule has 30 heteroatoms. The highest BCUT2D eigenvalue weighted by Gasteiger charge is 2.46. The number of benzene rings is 7. The van der Waals surface area contributed by atoms with Crippen molar-refractivity contribution >= 4 is 65.9 Å². The molecule has 0 aromatic heterocycles. The van der Waals surface area contributed by atoms with Gasteiger partial charge in [-0.3, -0.25) is 4.79 Å². The van der Waals surface area contributed by atoms with Crippen molar-refractivity contribution in [2.45, 2.75) is 376 Å². The molecule has 7 aromatic rings. The van der Waals surface area contributed by atoms with Crippen LogP contribution in [0.3, 0.4) is 0 Å². The second kappa shape index (κ2) is 49.3. The van der Waals surface area contributed by atoms with Crippen LogP contribution in [0.1, 0.15) is 318 Å². The van der Waals surface area contributed by atoms with Crippen LogP contribution < -0.4 is 0 Å². The molecule has 8 aliphatic rings. The van der Waals surface area contributed by atoms with Crippen molar-refractivity contribution in [2.24, 2.45) is 5.92 Å². The summed E-state index contributed by atoms with van der Waals surface area (Å²) in [5, 5.41) is 20.4. The van der Waals surface area contributed by atoms with Crippen molar-refractivity contribution in [1.82, 2.24) is 25.8 Å². The number of ketones is 1. The molecule has 0 amide bonds. The van der Waals surface area contributed by atoms with E-state index in [1.807, 2.05) is 91.0 Å². The maximum atomic E-state index is 13.2. The highest BCUT2D eigenvalue weighted by atomic mass is 32.2. The molecule has 142 heavy (non-hydrogen) atoms. The van der Waals surface area contributed by atoms with E-state index in [9.17, 15) is 65.5 Å². The van der Waals surface area contributed by atoms with Crippen LogP contribution in [0, 0.1) is 5.92 Å². The van der Waals surface area contributed by atoms with Crippen LogP contribution >= 0.6 is 0 Å². The van der Waals surface area contributed by atoms with Crippen molar-refractivity contribution in [3.8, 4) is 0 Å². The molecule has 0 bridgehead atoms. The topological polar surface area (TPSA) is 310 Å². The van der Waals surface area contributed by atoms with E-state index in [0.717, 1.165) is 110 Å². The number of sulfonamides is 6. The van der Waals surface area contributed by atoms with Gasteiger partial charge in [-0.1, -0.05) is 241 Å². The molecule has 5 atom stereocenters. The molecule has 2 aliphatic carbocycles. The summed E-state index contributed by atoms with van der Waals surface area (Å²) in [6.07, 6.45) is 20.1. The molecular weight excluding hydrogens is 1910 g/mol. The Morgan fingerprint density at radius 1 is 0.282 bits per heavy atom. The summed E-state index contributed by atoms with van der Waals surface area (Å²) >= 11 is 0. The Morgan fingerprint density at radius 3 is 0.901 bits per heavy atom. The standard InChI is InChI=1S/C23H31NO3S.C21H33NO3S.C19H29NO3S.C17H27NO3S.C16H25NO3S.C16H23NO3S/c1-22(2,3)19-11-13-21(14-12-19)28(25,26)24-17-8-15-23(27-4,16-18-24)20-9-6-5-7-10-20;1-21(2,3)17-10-12-20(13-11-17)26(23,24)22-15-6-9-19(14-16-22)25-18-7-4-5-8-18;1-18(2,3)15-7-9-17(10-8-15)24(22,23)20-13-4-11-19(21,12-14-20)16-5-6-16;1-17(2,3)14-7-9-16(10-8-14)22(19,20)18-12-5-6-15(21-4)11-13-18;2*1-16(2,3)13-6-8-15(9-7-13)21(19,20)17-11-4-5-14(18)10-12-17/h5-7,9-14H,8,15-18H2,1-4H3;10-13,18-19H,4-9,14-16H2,1-3H3;7-10,16,21H,4-6,11-14H2,1-3H3;7-10,15H,5-6,11-13H2,1-4H3;6-9,14,18H,4-5,10-12H2,1-3H3;6-9H,4-5,10-12H2,1-3H3. The maximum absolute atomic E-state index is 13.2. The molecule has 6 aliphatic heterocycles. The summed E-state index contributed by atoms with van der Waals surface area (Å²) in [6.45, 7) is 43.8. The van der Waals surface area contributed by atoms with E-state index in [-0.39, 0.29) is 56.6 Å². The summed E-state index contributed by atoms with van der Waals surface area (Å²) < 4.78 is 181. The molecule has 7 aromatic carbocycles. The molecule has 0 radical (unpaired) electrons. The number of methoxy groups -OCH3 is 2. The Morgan fingerprint density at radius 2 is 0.563 bits per heavy atom. The van der Waals surface area contributed by atoms with Crippen LogP contribution in [0.5, 0.6) is 0 Å². The number of Topliss-reactive ketones (excluding diaryl/α,β-unsaturated/α-hetero) is 1. The molecule has 24 nitrogen and oxygen atoms in total. The van der Waals surface area contributed by atoms with Gasteiger partial charge >= 0.3 is 0 Å². The van der Waals surface area contributed by atoms with Crippen LogP contribution in [0.25, 0.3) is 0 Å².